The van der Waals surface area contributed by atoms with Gasteiger partial charge in [-0.1, -0.05) is 36.4 Å². The first-order valence-electron chi connectivity index (χ1n) is 8.65. The summed E-state index contributed by atoms with van der Waals surface area (Å²) in [5.41, 5.74) is 2.54. The van der Waals surface area contributed by atoms with E-state index in [1.807, 2.05) is 30.3 Å². The van der Waals surface area contributed by atoms with Gasteiger partial charge < -0.3 is 14.8 Å². The molecule has 8 heteroatoms. The van der Waals surface area contributed by atoms with Crippen LogP contribution in [0.1, 0.15) is 26.4 Å². The predicted molar refractivity (Wildman–Crippen MR) is 109 cm³/mol. The number of benzene rings is 2. The first-order valence-corrected chi connectivity index (χ1v) is 9.53. The van der Waals surface area contributed by atoms with Gasteiger partial charge in [0.05, 0.1) is 12.7 Å². The molecule has 0 aliphatic heterocycles. The van der Waals surface area contributed by atoms with Crippen molar-refractivity contribution in [2.45, 2.75) is 6.92 Å². The van der Waals surface area contributed by atoms with Crippen molar-refractivity contribution in [3.8, 4) is 10.6 Å². The van der Waals surface area contributed by atoms with E-state index in [9.17, 15) is 14.4 Å². The van der Waals surface area contributed by atoms with Gasteiger partial charge >= 0.3 is 11.9 Å². The Morgan fingerprint density at radius 3 is 2.55 bits per heavy atom. The average molecular weight is 410 g/mol. The molecule has 0 fully saturated rings. The minimum absolute atomic E-state index is 0.144. The van der Waals surface area contributed by atoms with Gasteiger partial charge in [0.1, 0.15) is 5.01 Å². The summed E-state index contributed by atoms with van der Waals surface area (Å²) in [7, 11) is 1.28. The van der Waals surface area contributed by atoms with Crippen LogP contribution in [0, 0.1) is 6.92 Å². The number of amides is 1. The van der Waals surface area contributed by atoms with Crippen LogP contribution in [0.2, 0.25) is 0 Å². The molecule has 0 radical (unpaired) electrons. The van der Waals surface area contributed by atoms with Crippen LogP contribution in [0.15, 0.2) is 53.9 Å². The molecule has 0 atom stereocenters. The Bertz CT molecular complexity index is 1050. The number of carbonyl (C=O) groups is 3. The van der Waals surface area contributed by atoms with Gasteiger partial charge in [-0.05, 0) is 24.6 Å². The molecule has 1 heterocycles. The number of carbonyl (C=O) groups excluding carboxylic acids is 3. The molecule has 1 aromatic heterocycles. The molecule has 0 saturated heterocycles. The standard InChI is InChI=1S/C21H18N2O5S/c1-13-8-9-15(20(25)27-2)10-16(13)22-18(24)11-28-21(26)17-12-29-19(23-17)14-6-4-3-5-7-14/h3-10,12H,11H2,1-2H3,(H,22,24). The Morgan fingerprint density at radius 1 is 1.07 bits per heavy atom. The monoisotopic (exact) mass is 410 g/mol. The van der Waals surface area contributed by atoms with Crippen LogP contribution >= 0.6 is 11.3 Å². The zero-order valence-corrected chi connectivity index (χ0v) is 16.6. The van der Waals surface area contributed by atoms with Crippen molar-refractivity contribution < 1.29 is 23.9 Å². The third-order valence-corrected chi connectivity index (χ3v) is 4.89. The fourth-order valence-corrected chi connectivity index (χ4v) is 3.27. The van der Waals surface area contributed by atoms with Crippen molar-refractivity contribution in [1.29, 1.82) is 0 Å². The molecule has 29 heavy (non-hydrogen) atoms. The number of aromatic nitrogens is 1. The number of rotatable bonds is 6. The third kappa shape index (κ3) is 5.05. The SMILES string of the molecule is COC(=O)c1ccc(C)c(NC(=O)COC(=O)c2csc(-c3ccccc3)n2)c1. The molecule has 2 aromatic carbocycles. The molecule has 0 unspecified atom stereocenters. The Morgan fingerprint density at radius 2 is 1.83 bits per heavy atom. The van der Waals surface area contributed by atoms with Crippen LogP contribution in [0.25, 0.3) is 10.6 Å². The van der Waals surface area contributed by atoms with Gasteiger partial charge in [-0.25, -0.2) is 14.6 Å². The van der Waals surface area contributed by atoms with Gasteiger partial charge in [0.15, 0.2) is 12.3 Å². The number of esters is 2. The lowest BCUT2D eigenvalue weighted by Crippen LogP contribution is -2.21. The maximum absolute atomic E-state index is 12.2. The summed E-state index contributed by atoms with van der Waals surface area (Å²) < 4.78 is 9.72. The van der Waals surface area contributed by atoms with E-state index < -0.39 is 24.5 Å². The normalized spacial score (nSPS) is 10.3. The van der Waals surface area contributed by atoms with E-state index in [0.717, 1.165) is 11.1 Å². The number of ether oxygens (including phenoxy) is 2. The molecular weight excluding hydrogens is 392 g/mol. The highest BCUT2D eigenvalue weighted by atomic mass is 32.1. The maximum Gasteiger partial charge on any atom is 0.358 e. The number of nitrogens with zero attached hydrogens (tertiary/aromatic N) is 1. The molecule has 148 valence electrons. The van der Waals surface area contributed by atoms with Crippen molar-refractivity contribution in [1.82, 2.24) is 4.98 Å². The lowest BCUT2D eigenvalue weighted by Gasteiger charge is -2.10. The molecule has 1 N–H and O–H groups in total. The molecule has 0 saturated carbocycles. The molecule has 0 bridgehead atoms. The van der Waals surface area contributed by atoms with Gasteiger partial charge in [0.25, 0.3) is 5.91 Å². The smallest absolute Gasteiger partial charge is 0.358 e. The Kier molecular flexibility index (Phi) is 6.36. The minimum Gasteiger partial charge on any atom is -0.465 e. The van der Waals surface area contributed by atoms with Gasteiger partial charge in [-0.2, -0.15) is 0 Å². The number of hydrogen-bond donors (Lipinski definition) is 1. The van der Waals surface area contributed by atoms with Crippen molar-refractivity contribution in [2.75, 3.05) is 19.0 Å². The van der Waals surface area contributed by atoms with Crippen LogP contribution in [0.4, 0.5) is 5.69 Å². The Hall–Kier alpha value is -3.52. The summed E-state index contributed by atoms with van der Waals surface area (Å²) in [6.07, 6.45) is 0. The average Bonchev–Trinajstić information content (AvgIpc) is 3.24. The summed E-state index contributed by atoms with van der Waals surface area (Å²) in [5.74, 6) is -1.72. The summed E-state index contributed by atoms with van der Waals surface area (Å²) in [6.45, 7) is 1.31. The van der Waals surface area contributed by atoms with Gasteiger partial charge in [-0.15, -0.1) is 11.3 Å². The number of hydrogen-bond acceptors (Lipinski definition) is 7. The molecule has 1 amide bonds. The molecule has 0 aliphatic carbocycles. The summed E-state index contributed by atoms with van der Waals surface area (Å²) in [4.78, 5) is 40.2. The van der Waals surface area contributed by atoms with Crippen LogP contribution in [0.3, 0.4) is 0 Å². The van der Waals surface area contributed by atoms with Crippen molar-refractivity contribution in [2.24, 2.45) is 0 Å². The number of methoxy groups -OCH3 is 1. The highest BCUT2D eigenvalue weighted by Gasteiger charge is 2.16. The second-order valence-corrected chi connectivity index (χ2v) is 6.91. The van der Waals surface area contributed by atoms with E-state index >= 15 is 0 Å². The van der Waals surface area contributed by atoms with Crippen molar-refractivity contribution in [3.05, 3.63) is 70.7 Å². The lowest BCUT2D eigenvalue weighted by molar-refractivity contribution is -0.119. The number of thiazole rings is 1. The molecule has 3 aromatic rings. The molecule has 7 nitrogen and oxygen atoms in total. The largest absolute Gasteiger partial charge is 0.465 e. The highest BCUT2D eigenvalue weighted by molar-refractivity contribution is 7.13. The third-order valence-electron chi connectivity index (χ3n) is 4.00. The van der Waals surface area contributed by atoms with E-state index in [2.05, 4.69) is 15.0 Å². The first-order chi connectivity index (χ1) is 14.0. The van der Waals surface area contributed by atoms with E-state index in [4.69, 9.17) is 4.74 Å². The van der Waals surface area contributed by atoms with Crippen LogP contribution < -0.4 is 5.32 Å². The molecule has 0 aliphatic rings. The fraction of sp³-hybridized carbons (Fsp3) is 0.143. The van der Waals surface area contributed by atoms with Crippen LogP contribution in [-0.4, -0.2) is 36.5 Å². The summed E-state index contributed by atoms with van der Waals surface area (Å²) >= 11 is 1.32. The summed E-state index contributed by atoms with van der Waals surface area (Å²) in [5, 5.41) is 4.91. The van der Waals surface area contributed by atoms with Crippen molar-refractivity contribution >= 4 is 34.9 Å². The Balaban J connectivity index is 1.59. The molecule has 0 spiro atoms. The Labute approximate surface area is 171 Å². The van der Waals surface area contributed by atoms with E-state index in [-0.39, 0.29) is 5.69 Å². The minimum atomic E-state index is -0.682. The van der Waals surface area contributed by atoms with E-state index in [0.29, 0.717) is 16.3 Å². The van der Waals surface area contributed by atoms with Crippen LogP contribution in [-0.2, 0) is 14.3 Å². The van der Waals surface area contributed by atoms with E-state index in [1.54, 1.807) is 24.4 Å². The zero-order valence-electron chi connectivity index (χ0n) is 15.8. The number of nitrogens with one attached hydrogen (secondary N) is 1. The highest BCUT2D eigenvalue weighted by Crippen LogP contribution is 2.23. The van der Waals surface area contributed by atoms with Crippen molar-refractivity contribution in [3.63, 3.8) is 0 Å². The molecular formula is C21H18N2O5S. The topological polar surface area (TPSA) is 94.6 Å². The molecule has 3 rings (SSSR count). The fourth-order valence-electron chi connectivity index (χ4n) is 2.47. The maximum atomic E-state index is 12.2. The van der Waals surface area contributed by atoms with Gasteiger partial charge in [0.2, 0.25) is 0 Å². The van der Waals surface area contributed by atoms with Gasteiger partial charge in [0, 0.05) is 16.6 Å². The number of anilines is 1. The second kappa shape index (κ2) is 9.11. The first kappa shape index (κ1) is 20.2. The predicted octanol–water partition coefficient (Wildman–Crippen LogP) is 3.70. The summed E-state index contributed by atoms with van der Waals surface area (Å²) in [6, 6.07) is 14.3. The van der Waals surface area contributed by atoms with Gasteiger partial charge in [-0.3, -0.25) is 4.79 Å². The number of aryl methyl sites for hydroxylation is 1. The van der Waals surface area contributed by atoms with E-state index in [1.165, 1.54) is 24.5 Å². The lowest BCUT2D eigenvalue weighted by atomic mass is 10.1. The van der Waals surface area contributed by atoms with Crippen LogP contribution in [0.5, 0.6) is 0 Å². The quantitative estimate of drug-likeness (QED) is 0.623. The zero-order chi connectivity index (χ0) is 20.8. The second-order valence-electron chi connectivity index (χ2n) is 6.05.